The summed E-state index contributed by atoms with van der Waals surface area (Å²) in [6.45, 7) is 5.65. The predicted molar refractivity (Wildman–Crippen MR) is 90.1 cm³/mol. The van der Waals surface area contributed by atoms with Crippen molar-refractivity contribution in [3.63, 3.8) is 0 Å². The van der Waals surface area contributed by atoms with Crippen molar-refractivity contribution in [3.8, 4) is 0 Å². The zero-order valence-corrected chi connectivity index (χ0v) is 14.1. The van der Waals surface area contributed by atoms with Crippen LogP contribution in [0.5, 0.6) is 0 Å². The fraction of sp³-hybridized carbons (Fsp3) is 0.688. The second kappa shape index (κ2) is 9.12. The lowest BCUT2D eigenvalue weighted by atomic mass is 10.1. The highest BCUT2D eigenvalue weighted by atomic mass is 32.1. The van der Waals surface area contributed by atoms with Gasteiger partial charge in [-0.15, -0.1) is 11.3 Å². The average molecular weight is 325 g/mol. The Morgan fingerprint density at radius 1 is 1.36 bits per heavy atom. The van der Waals surface area contributed by atoms with Crippen molar-refractivity contribution < 1.29 is 9.90 Å². The molecule has 1 aliphatic rings. The minimum absolute atomic E-state index is 0.120. The Balaban J connectivity index is 1.79. The number of nitrogens with one attached hydrogen (secondary N) is 2. The maximum absolute atomic E-state index is 11.9. The van der Waals surface area contributed by atoms with E-state index in [0.717, 1.165) is 13.1 Å². The molecule has 0 saturated carbocycles. The van der Waals surface area contributed by atoms with Crippen molar-refractivity contribution in [2.24, 2.45) is 5.92 Å². The summed E-state index contributed by atoms with van der Waals surface area (Å²) < 4.78 is 0. The van der Waals surface area contributed by atoms with E-state index >= 15 is 0 Å². The quantitative estimate of drug-likeness (QED) is 0.686. The first-order valence-corrected chi connectivity index (χ1v) is 8.98. The first kappa shape index (κ1) is 17.2. The van der Waals surface area contributed by atoms with Crippen LogP contribution < -0.4 is 10.6 Å². The molecule has 0 bridgehead atoms. The van der Waals surface area contributed by atoms with Crippen LogP contribution in [0.4, 0.5) is 4.79 Å². The van der Waals surface area contributed by atoms with Gasteiger partial charge in [-0.1, -0.05) is 13.0 Å². The molecule has 0 aliphatic carbocycles. The van der Waals surface area contributed by atoms with Crippen molar-refractivity contribution in [2.75, 3.05) is 32.8 Å². The second-order valence-electron chi connectivity index (χ2n) is 5.98. The van der Waals surface area contributed by atoms with E-state index in [-0.39, 0.29) is 18.7 Å². The van der Waals surface area contributed by atoms with Gasteiger partial charge in [-0.3, -0.25) is 4.90 Å². The number of amides is 2. The number of carbonyl (C=O) groups is 1. The fourth-order valence-corrected chi connectivity index (χ4v) is 3.65. The SMILES string of the molecule is CC(CCO)CNC(=O)NCC(c1cccs1)N1CCCC1. The lowest BCUT2D eigenvalue weighted by Gasteiger charge is -2.27. The summed E-state index contributed by atoms with van der Waals surface area (Å²) in [7, 11) is 0. The Labute approximate surface area is 136 Å². The number of urea groups is 1. The number of hydrogen-bond donors (Lipinski definition) is 3. The highest BCUT2D eigenvalue weighted by Gasteiger charge is 2.24. The van der Waals surface area contributed by atoms with Gasteiger partial charge in [0.2, 0.25) is 0 Å². The standard InChI is InChI=1S/C16H27N3O2S/c1-13(6-9-20)11-17-16(21)18-12-14(15-5-4-10-22-15)19-7-2-3-8-19/h4-5,10,13-14,20H,2-3,6-9,11-12H2,1H3,(H2,17,18,21). The molecule has 5 nitrogen and oxygen atoms in total. The van der Waals surface area contributed by atoms with Gasteiger partial charge in [0.1, 0.15) is 0 Å². The van der Waals surface area contributed by atoms with Crippen LogP contribution in [0.15, 0.2) is 17.5 Å². The van der Waals surface area contributed by atoms with Gasteiger partial charge in [-0.2, -0.15) is 0 Å². The molecular weight excluding hydrogens is 298 g/mol. The van der Waals surface area contributed by atoms with Crippen LogP contribution in [0.25, 0.3) is 0 Å². The molecule has 1 saturated heterocycles. The maximum Gasteiger partial charge on any atom is 0.314 e. The average Bonchev–Trinajstić information content (AvgIpc) is 3.19. The monoisotopic (exact) mass is 325 g/mol. The number of nitrogens with zero attached hydrogens (tertiary/aromatic N) is 1. The molecule has 6 heteroatoms. The molecule has 2 amide bonds. The van der Waals surface area contributed by atoms with Crippen molar-refractivity contribution in [2.45, 2.75) is 32.2 Å². The number of thiophene rings is 1. The molecule has 2 unspecified atom stereocenters. The van der Waals surface area contributed by atoms with Gasteiger partial charge in [0.25, 0.3) is 0 Å². The zero-order valence-electron chi connectivity index (χ0n) is 13.3. The van der Waals surface area contributed by atoms with Gasteiger partial charge in [0, 0.05) is 24.6 Å². The third-order valence-electron chi connectivity index (χ3n) is 4.14. The molecule has 2 heterocycles. The molecule has 2 atom stereocenters. The van der Waals surface area contributed by atoms with E-state index in [2.05, 4.69) is 33.0 Å². The van der Waals surface area contributed by atoms with Crippen LogP contribution >= 0.6 is 11.3 Å². The van der Waals surface area contributed by atoms with Gasteiger partial charge in [-0.05, 0) is 49.7 Å². The molecule has 0 spiro atoms. The number of rotatable bonds is 8. The van der Waals surface area contributed by atoms with Crippen LogP contribution in [0.3, 0.4) is 0 Å². The molecule has 3 N–H and O–H groups in total. The molecule has 124 valence electrons. The van der Waals surface area contributed by atoms with Crippen LogP contribution in [0.2, 0.25) is 0 Å². The van der Waals surface area contributed by atoms with E-state index < -0.39 is 0 Å². The molecule has 1 aromatic rings. The number of likely N-dealkylation sites (tertiary alicyclic amines) is 1. The molecule has 22 heavy (non-hydrogen) atoms. The van der Waals surface area contributed by atoms with Crippen LogP contribution in [-0.2, 0) is 0 Å². The third kappa shape index (κ3) is 5.26. The molecule has 1 aliphatic heterocycles. The Morgan fingerprint density at radius 2 is 2.09 bits per heavy atom. The summed E-state index contributed by atoms with van der Waals surface area (Å²) in [6, 6.07) is 4.38. The Kier molecular flexibility index (Phi) is 7.15. The number of aliphatic hydroxyl groups excluding tert-OH is 1. The fourth-order valence-electron chi connectivity index (χ4n) is 2.79. The van der Waals surface area contributed by atoms with Gasteiger partial charge in [-0.25, -0.2) is 4.79 Å². The third-order valence-corrected chi connectivity index (χ3v) is 5.12. The summed E-state index contributed by atoms with van der Waals surface area (Å²) in [6.07, 6.45) is 3.20. The van der Waals surface area contributed by atoms with E-state index in [1.165, 1.54) is 17.7 Å². The van der Waals surface area contributed by atoms with E-state index in [0.29, 0.717) is 25.4 Å². The normalized spacial score (nSPS) is 18.1. The molecular formula is C16H27N3O2S. The second-order valence-corrected chi connectivity index (χ2v) is 6.96. The lowest BCUT2D eigenvalue weighted by Crippen LogP contribution is -2.42. The summed E-state index contributed by atoms with van der Waals surface area (Å²) in [5.74, 6) is 0.294. The van der Waals surface area contributed by atoms with Crippen molar-refractivity contribution >= 4 is 17.4 Å². The lowest BCUT2D eigenvalue weighted by molar-refractivity contribution is 0.219. The van der Waals surface area contributed by atoms with Crippen molar-refractivity contribution in [1.29, 1.82) is 0 Å². The Bertz CT molecular complexity index is 433. The van der Waals surface area contributed by atoms with E-state index in [4.69, 9.17) is 5.11 Å². The highest BCUT2D eigenvalue weighted by Crippen LogP contribution is 2.27. The van der Waals surface area contributed by atoms with E-state index in [1.807, 2.05) is 6.92 Å². The first-order chi connectivity index (χ1) is 10.7. The summed E-state index contributed by atoms with van der Waals surface area (Å²) in [5.41, 5.74) is 0. The van der Waals surface area contributed by atoms with Gasteiger partial charge in [0.05, 0.1) is 6.04 Å². The molecule has 1 aromatic heterocycles. The molecule has 2 rings (SSSR count). The molecule has 0 radical (unpaired) electrons. The summed E-state index contributed by atoms with van der Waals surface area (Å²) in [5, 5.41) is 16.8. The number of aliphatic hydroxyl groups is 1. The Morgan fingerprint density at radius 3 is 2.73 bits per heavy atom. The highest BCUT2D eigenvalue weighted by molar-refractivity contribution is 7.10. The Hall–Kier alpha value is -1.11. The minimum Gasteiger partial charge on any atom is -0.396 e. The minimum atomic E-state index is -0.120. The number of carbonyl (C=O) groups excluding carboxylic acids is 1. The van der Waals surface area contributed by atoms with Crippen molar-refractivity contribution in [3.05, 3.63) is 22.4 Å². The van der Waals surface area contributed by atoms with Crippen LogP contribution in [-0.4, -0.2) is 48.8 Å². The van der Waals surface area contributed by atoms with Crippen LogP contribution in [0, 0.1) is 5.92 Å². The smallest absolute Gasteiger partial charge is 0.314 e. The van der Waals surface area contributed by atoms with E-state index in [1.54, 1.807) is 11.3 Å². The first-order valence-electron chi connectivity index (χ1n) is 8.10. The zero-order chi connectivity index (χ0) is 15.8. The maximum atomic E-state index is 11.9. The predicted octanol–water partition coefficient (Wildman–Crippen LogP) is 2.20. The number of hydrogen-bond acceptors (Lipinski definition) is 4. The van der Waals surface area contributed by atoms with E-state index in [9.17, 15) is 4.79 Å². The van der Waals surface area contributed by atoms with Gasteiger partial charge < -0.3 is 15.7 Å². The van der Waals surface area contributed by atoms with Gasteiger partial charge in [0.15, 0.2) is 0 Å². The van der Waals surface area contributed by atoms with Crippen molar-refractivity contribution in [1.82, 2.24) is 15.5 Å². The summed E-state index contributed by atoms with van der Waals surface area (Å²) >= 11 is 1.75. The summed E-state index contributed by atoms with van der Waals surface area (Å²) in [4.78, 5) is 15.7. The topological polar surface area (TPSA) is 64.6 Å². The van der Waals surface area contributed by atoms with Crippen LogP contribution in [0.1, 0.15) is 37.1 Å². The molecule has 0 aromatic carbocycles. The van der Waals surface area contributed by atoms with Gasteiger partial charge >= 0.3 is 6.03 Å². The largest absolute Gasteiger partial charge is 0.396 e. The molecule has 1 fully saturated rings.